The van der Waals surface area contributed by atoms with Crippen LogP contribution in [0.5, 0.6) is 0 Å². The zero-order chi connectivity index (χ0) is 41.4. The fraction of sp³-hybridized carbons (Fsp3) is 0. The van der Waals surface area contributed by atoms with Crippen LogP contribution in [0.25, 0.3) is 84.4 Å². The van der Waals surface area contributed by atoms with E-state index in [-0.39, 0.29) is 0 Å². The second kappa shape index (κ2) is 15.6. The van der Waals surface area contributed by atoms with Crippen molar-refractivity contribution in [2.45, 2.75) is 0 Å². The normalized spacial score (nSPS) is 13.0. The molecule has 0 amide bonds. The molecule has 2 aromatic heterocycles. The summed E-state index contributed by atoms with van der Waals surface area (Å²) in [6.45, 7) is 0. The SMILES string of the molecule is N=C(/C(=C1\NC(c2ccccc2)=Cc2cc(-c3cc(-c4ccc(-n5c6ccccc6c6ccccc65)cc4)nc(-c4ccccc4)n3)ccc21)c1ccccc1)c1ccccc1. The fourth-order valence-electron chi connectivity index (χ4n) is 8.64. The molecule has 292 valence electrons. The number of hydrogen-bond acceptors (Lipinski definition) is 4. The Morgan fingerprint density at radius 2 is 0.968 bits per heavy atom. The lowest BCUT2D eigenvalue weighted by molar-refractivity contribution is 1.17. The molecular weight excluding hydrogens is 755 g/mol. The zero-order valence-corrected chi connectivity index (χ0v) is 33.7. The first kappa shape index (κ1) is 36.7. The molecule has 8 aromatic carbocycles. The van der Waals surface area contributed by atoms with Crippen LogP contribution in [0.1, 0.15) is 27.8 Å². The van der Waals surface area contributed by atoms with Gasteiger partial charge in [0.05, 0.1) is 33.8 Å². The minimum absolute atomic E-state index is 0.445. The quantitative estimate of drug-likeness (QED) is 0.151. The molecule has 0 saturated carbocycles. The van der Waals surface area contributed by atoms with Crippen LogP contribution in [0, 0.1) is 5.41 Å². The van der Waals surface area contributed by atoms with Gasteiger partial charge in [-0.2, -0.15) is 0 Å². The maximum atomic E-state index is 9.65. The number of fused-ring (bicyclic) bond motifs is 4. The molecule has 5 nitrogen and oxygen atoms in total. The van der Waals surface area contributed by atoms with Crippen LogP contribution >= 0.6 is 0 Å². The number of rotatable bonds is 8. The van der Waals surface area contributed by atoms with Gasteiger partial charge in [-0.1, -0.05) is 182 Å². The van der Waals surface area contributed by atoms with Gasteiger partial charge in [0.15, 0.2) is 5.82 Å². The van der Waals surface area contributed by atoms with Crippen molar-refractivity contribution >= 4 is 50.6 Å². The molecule has 0 saturated heterocycles. The van der Waals surface area contributed by atoms with E-state index in [1.54, 1.807) is 0 Å². The Hall–Kier alpha value is -8.41. The molecule has 0 aliphatic carbocycles. The highest BCUT2D eigenvalue weighted by atomic mass is 15.0. The van der Waals surface area contributed by atoms with Gasteiger partial charge < -0.3 is 9.88 Å². The molecule has 0 atom stereocenters. The number of nitrogens with one attached hydrogen (secondary N) is 2. The molecule has 0 radical (unpaired) electrons. The number of para-hydroxylation sites is 2. The van der Waals surface area contributed by atoms with Crippen molar-refractivity contribution < 1.29 is 0 Å². The highest BCUT2D eigenvalue weighted by Gasteiger charge is 2.25. The van der Waals surface area contributed by atoms with Gasteiger partial charge in [-0.3, -0.25) is 5.41 Å². The summed E-state index contributed by atoms with van der Waals surface area (Å²) < 4.78 is 2.33. The van der Waals surface area contributed by atoms with Crippen LogP contribution in [0.3, 0.4) is 0 Å². The van der Waals surface area contributed by atoms with Crippen LogP contribution in [-0.2, 0) is 0 Å². The highest BCUT2D eigenvalue weighted by Crippen LogP contribution is 2.39. The summed E-state index contributed by atoms with van der Waals surface area (Å²) in [6, 6.07) is 75.3. The van der Waals surface area contributed by atoms with Gasteiger partial charge in [-0.25, -0.2) is 9.97 Å². The Labute approximate surface area is 360 Å². The van der Waals surface area contributed by atoms with Gasteiger partial charge in [-0.15, -0.1) is 0 Å². The van der Waals surface area contributed by atoms with E-state index in [0.717, 1.165) is 78.6 Å². The predicted octanol–water partition coefficient (Wildman–Crippen LogP) is 13.6. The number of nitrogens with zero attached hydrogens (tertiary/aromatic N) is 3. The molecule has 0 unspecified atom stereocenters. The summed E-state index contributed by atoms with van der Waals surface area (Å²) in [4.78, 5) is 10.4. The van der Waals surface area contributed by atoms with Crippen LogP contribution < -0.4 is 5.32 Å². The second-order valence-corrected chi connectivity index (χ2v) is 15.5. The minimum atomic E-state index is 0.445. The summed E-state index contributed by atoms with van der Waals surface area (Å²) in [6.07, 6.45) is 2.21. The van der Waals surface area contributed by atoms with Crippen molar-refractivity contribution in [1.29, 1.82) is 5.41 Å². The van der Waals surface area contributed by atoms with Crippen LogP contribution in [0.15, 0.2) is 218 Å². The van der Waals surface area contributed by atoms with Crippen LogP contribution in [-0.4, -0.2) is 20.2 Å². The lowest BCUT2D eigenvalue weighted by Gasteiger charge is -2.26. The van der Waals surface area contributed by atoms with E-state index in [4.69, 9.17) is 9.97 Å². The average molecular weight is 794 g/mol. The third-order valence-corrected chi connectivity index (χ3v) is 11.6. The summed E-state index contributed by atoms with van der Waals surface area (Å²) in [5.74, 6) is 0.660. The van der Waals surface area contributed by atoms with E-state index in [2.05, 4.69) is 162 Å². The molecule has 2 N–H and O–H groups in total. The van der Waals surface area contributed by atoms with Gasteiger partial charge in [-0.05, 0) is 59.2 Å². The minimum Gasteiger partial charge on any atom is -0.354 e. The van der Waals surface area contributed by atoms with Gasteiger partial charge in [0, 0.05) is 55.5 Å². The van der Waals surface area contributed by atoms with Gasteiger partial charge >= 0.3 is 0 Å². The Morgan fingerprint density at radius 1 is 0.452 bits per heavy atom. The van der Waals surface area contributed by atoms with Gasteiger partial charge in [0.1, 0.15) is 0 Å². The summed E-state index contributed by atoms with van der Waals surface area (Å²) >= 11 is 0. The number of benzene rings is 8. The smallest absolute Gasteiger partial charge is 0.160 e. The average Bonchev–Trinajstić information content (AvgIpc) is 3.69. The summed E-state index contributed by atoms with van der Waals surface area (Å²) in [5.41, 5.74) is 16.0. The van der Waals surface area contributed by atoms with Gasteiger partial charge in [0.2, 0.25) is 0 Å². The van der Waals surface area contributed by atoms with Crippen LogP contribution in [0.4, 0.5) is 0 Å². The molecule has 62 heavy (non-hydrogen) atoms. The Morgan fingerprint density at radius 3 is 1.60 bits per heavy atom. The summed E-state index contributed by atoms with van der Waals surface area (Å²) in [5, 5.41) is 15.9. The third kappa shape index (κ3) is 6.68. The van der Waals surface area contributed by atoms with Crippen molar-refractivity contribution in [3.63, 3.8) is 0 Å². The lowest BCUT2D eigenvalue weighted by Crippen LogP contribution is -2.20. The molecule has 10 aromatic rings. The molecule has 1 aliphatic heterocycles. The molecular formula is C57H39N5. The maximum absolute atomic E-state index is 9.65. The standard InChI is InChI=1S/C57H39N5/c58-55(41-21-9-3-10-22-41)54(40-19-7-2-8-20-40)56-46-34-31-43(35-44(46)36-49(59-56)38-17-5-1-6-18-38)51-37-50(60-57(61-51)42-23-11-4-12-24-42)39-29-32-45(33-30-39)62-52-27-15-13-25-47(52)48-26-14-16-28-53(48)62/h1-37,58-59H/b56-54-,58-55?. The number of allylic oxidation sites excluding steroid dienone is 1. The van der Waals surface area contributed by atoms with E-state index in [0.29, 0.717) is 11.5 Å². The van der Waals surface area contributed by atoms with Crippen molar-refractivity contribution in [2.24, 2.45) is 0 Å². The number of hydrogen-bond donors (Lipinski definition) is 2. The van der Waals surface area contributed by atoms with Crippen molar-refractivity contribution in [2.75, 3.05) is 0 Å². The largest absolute Gasteiger partial charge is 0.354 e. The molecule has 0 spiro atoms. The van der Waals surface area contributed by atoms with Crippen molar-refractivity contribution in [3.05, 3.63) is 246 Å². The van der Waals surface area contributed by atoms with Crippen LogP contribution in [0.2, 0.25) is 0 Å². The fourth-order valence-corrected chi connectivity index (χ4v) is 8.64. The monoisotopic (exact) mass is 793 g/mol. The van der Waals surface area contributed by atoms with E-state index in [1.165, 1.54) is 21.8 Å². The number of aromatic nitrogens is 3. The second-order valence-electron chi connectivity index (χ2n) is 15.5. The van der Waals surface area contributed by atoms with Gasteiger partial charge in [0.25, 0.3) is 0 Å². The van der Waals surface area contributed by atoms with Crippen molar-refractivity contribution in [1.82, 2.24) is 19.9 Å². The third-order valence-electron chi connectivity index (χ3n) is 11.6. The molecule has 0 fully saturated rings. The first-order valence-corrected chi connectivity index (χ1v) is 20.8. The highest BCUT2D eigenvalue weighted by molar-refractivity contribution is 6.36. The molecule has 0 bridgehead atoms. The Bertz CT molecular complexity index is 3300. The lowest BCUT2D eigenvalue weighted by atomic mass is 9.87. The molecule has 3 heterocycles. The molecule has 5 heteroatoms. The van der Waals surface area contributed by atoms with E-state index < -0.39 is 0 Å². The molecule has 11 rings (SSSR count). The van der Waals surface area contributed by atoms with Crippen molar-refractivity contribution in [3.8, 4) is 39.6 Å². The summed E-state index contributed by atoms with van der Waals surface area (Å²) in [7, 11) is 0. The molecule has 1 aliphatic rings. The first-order chi connectivity index (χ1) is 30.7. The predicted molar refractivity (Wildman–Crippen MR) is 257 cm³/mol. The zero-order valence-electron chi connectivity index (χ0n) is 33.7. The van der Waals surface area contributed by atoms with E-state index in [9.17, 15) is 5.41 Å². The first-order valence-electron chi connectivity index (χ1n) is 20.8. The topological polar surface area (TPSA) is 66.6 Å². The van der Waals surface area contributed by atoms with E-state index >= 15 is 0 Å². The maximum Gasteiger partial charge on any atom is 0.160 e. The Balaban J connectivity index is 1.06. The van der Waals surface area contributed by atoms with E-state index in [1.807, 2.05) is 72.8 Å². The Kier molecular flexibility index (Phi) is 9.25.